The predicted octanol–water partition coefficient (Wildman–Crippen LogP) is 3.95. The van der Waals surface area contributed by atoms with E-state index in [1.807, 2.05) is 12.1 Å². The molecule has 2 aromatic carbocycles. The van der Waals surface area contributed by atoms with E-state index in [1.54, 1.807) is 36.5 Å². The molecule has 0 fully saturated rings. The van der Waals surface area contributed by atoms with Gasteiger partial charge in [0.2, 0.25) is 5.88 Å². The van der Waals surface area contributed by atoms with Crippen LogP contribution in [0.5, 0.6) is 17.4 Å². The van der Waals surface area contributed by atoms with Gasteiger partial charge in [0.15, 0.2) is 6.61 Å². The summed E-state index contributed by atoms with van der Waals surface area (Å²) in [4.78, 5) is 18.6. The largest absolute Gasteiger partial charge is 0.484 e. The standard InChI is InChI=1S/C24H25N3O3/c1-27-14-4-5-19-15-18(7-12-22(19)27)16-26-23(28)17-29-20-8-10-21(11-9-20)30-24-6-2-3-13-25-24/h2-3,6-13,15H,4-5,14,16-17H2,1H3,(H,26,28). The number of nitrogens with zero attached hydrogens (tertiary/aromatic N) is 2. The van der Waals surface area contributed by atoms with Crippen molar-refractivity contribution in [3.63, 3.8) is 0 Å². The quantitative estimate of drug-likeness (QED) is 0.647. The van der Waals surface area contributed by atoms with Crippen molar-refractivity contribution in [2.75, 3.05) is 25.1 Å². The summed E-state index contributed by atoms with van der Waals surface area (Å²) in [6, 6.07) is 19.0. The number of aryl methyl sites for hydroxylation is 1. The molecule has 0 aliphatic carbocycles. The minimum Gasteiger partial charge on any atom is -0.484 e. The topological polar surface area (TPSA) is 63.7 Å². The molecule has 0 saturated heterocycles. The summed E-state index contributed by atoms with van der Waals surface area (Å²) in [6.07, 6.45) is 3.93. The molecule has 0 bridgehead atoms. The lowest BCUT2D eigenvalue weighted by molar-refractivity contribution is -0.123. The average Bonchev–Trinajstić information content (AvgIpc) is 2.78. The van der Waals surface area contributed by atoms with Crippen molar-refractivity contribution in [1.82, 2.24) is 10.3 Å². The van der Waals surface area contributed by atoms with Gasteiger partial charge in [-0.15, -0.1) is 0 Å². The second kappa shape index (κ2) is 9.31. The highest BCUT2D eigenvalue weighted by atomic mass is 16.5. The maximum Gasteiger partial charge on any atom is 0.258 e. The number of rotatable bonds is 7. The van der Waals surface area contributed by atoms with Gasteiger partial charge in [-0.25, -0.2) is 4.98 Å². The van der Waals surface area contributed by atoms with E-state index in [-0.39, 0.29) is 12.5 Å². The van der Waals surface area contributed by atoms with Crippen LogP contribution in [-0.2, 0) is 17.8 Å². The van der Waals surface area contributed by atoms with Crippen molar-refractivity contribution in [1.29, 1.82) is 0 Å². The van der Waals surface area contributed by atoms with Crippen LogP contribution in [-0.4, -0.2) is 31.1 Å². The molecule has 1 amide bonds. The zero-order valence-corrected chi connectivity index (χ0v) is 17.0. The van der Waals surface area contributed by atoms with Crippen molar-refractivity contribution < 1.29 is 14.3 Å². The molecule has 4 rings (SSSR count). The van der Waals surface area contributed by atoms with E-state index in [1.165, 1.54) is 17.7 Å². The van der Waals surface area contributed by atoms with Gasteiger partial charge in [-0.1, -0.05) is 18.2 Å². The lowest BCUT2D eigenvalue weighted by Gasteiger charge is -2.27. The fraction of sp³-hybridized carbons (Fsp3) is 0.250. The van der Waals surface area contributed by atoms with Gasteiger partial charge in [-0.3, -0.25) is 4.79 Å². The van der Waals surface area contributed by atoms with Crippen molar-refractivity contribution in [3.8, 4) is 17.4 Å². The zero-order chi connectivity index (χ0) is 20.8. The molecule has 6 nitrogen and oxygen atoms in total. The number of nitrogens with one attached hydrogen (secondary N) is 1. The fourth-order valence-corrected chi connectivity index (χ4v) is 3.48. The average molecular weight is 403 g/mol. The molecule has 6 heteroatoms. The first-order valence-corrected chi connectivity index (χ1v) is 10.1. The molecule has 1 aliphatic rings. The Morgan fingerprint density at radius 3 is 2.73 bits per heavy atom. The molecule has 0 unspecified atom stereocenters. The Morgan fingerprint density at radius 2 is 1.93 bits per heavy atom. The van der Waals surface area contributed by atoms with Crippen LogP contribution in [0.25, 0.3) is 0 Å². The molecule has 0 spiro atoms. The van der Waals surface area contributed by atoms with Gasteiger partial charge in [0, 0.05) is 38.1 Å². The first-order chi connectivity index (χ1) is 14.7. The summed E-state index contributed by atoms with van der Waals surface area (Å²) in [6.45, 7) is 1.56. The summed E-state index contributed by atoms with van der Waals surface area (Å²) < 4.78 is 11.2. The minimum absolute atomic E-state index is 0.0336. The zero-order valence-electron chi connectivity index (χ0n) is 17.0. The Kier molecular flexibility index (Phi) is 6.13. The van der Waals surface area contributed by atoms with Crippen LogP contribution < -0.4 is 19.7 Å². The van der Waals surface area contributed by atoms with E-state index in [9.17, 15) is 4.79 Å². The first-order valence-electron chi connectivity index (χ1n) is 10.1. The van der Waals surface area contributed by atoms with Gasteiger partial charge in [0.25, 0.3) is 5.91 Å². The molecule has 154 valence electrons. The van der Waals surface area contributed by atoms with Gasteiger partial charge in [0.1, 0.15) is 11.5 Å². The van der Waals surface area contributed by atoms with E-state index in [2.05, 4.69) is 40.4 Å². The molecule has 1 aromatic heterocycles. The van der Waals surface area contributed by atoms with Gasteiger partial charge in [-0.2, -0.15) is 0 Å². The highest BCUT2D eigenvalue weighted by molar-refractivity contribution is 5.77. The van der Waals surface area contributed by atoms with Crippen molar-refractivity contribution in [2.24, 2.45) is 0 Å². The number of carbonyl (C=O) groups excluding carboxylic acids is 1. The third-order valence-corrected chi connectivity index (χ3v) is 5.04. The number of hydrogen-bond acceptors (Lipinski definition) is 5. The van der Waals surface area contributed by atoms with Crippen LogP contribution in [0, 0.1) is 0 Å². The van der Waals surface area contributed by atoms with Crippen LogP contribution in [0.4, 0.5) is 5.69 Å². The second-order valence-electron chi connectivity index (χ2n) is 7.30. The third kappa shape index (κ3) is 5.08. The smallest absolute Gasteiger partial charge is 0.258 e. The molecular formula is C24H25N3O3. The summed E-state index contributed by atoms with van der Waals surface area (Å²) in [7, 11) is 2.12. The number of fused-ring (bicyclic) bond motifs is 1. The lowest BCUT2D eigenvalue weighted by Crippen LogP contribution is -2.29. The highest BCUT2D eigenvalue weighted by Crippen LogP contribution is 2.26. The van der Waals surface area contributed by atoms with Crippen molar-refractivity contribution >= 4 is 11.6 Å². The van der Waals surface area contributed by atoms with Crippen LogP contribution in [0.15, 0.2) is 66.9 Å². The van der Waals surface area contributed by atoms with Gasteiger partial charge < -0.3 is 19.7 Å². The number of ether oxygens (including phenoxy) is 2. The minimum atomic E-state index is -0.154. The van der Waals surface area contributed by atoms with E-state index >= 15 is 0 Å². The summed E-state index contributed by atoms with van der Waals surface area (Å²) in [5.74, 6) is 1.64. The first kappa shape index (κ1) is 19.8. The molecule has 1 N–H and O–H groups in total. The summed E-state index contributed by atoms with van der Waals surface area (Å²) >= 11 is 0. The Hall–Kier alpha value is -3.54. The van der Waals surface area contributed by atoms with Crippen LogP contribution in [0.2, 0.25) is 0 Å². The molecule has 30 heavy (non-hydrogen) atoms. The normalized spacial score (nSPS) is 12.8. The monoisotopic (exact) mass is 403 g/mol. The molecule has 2 heterocycles. The number of amides is 1. The number of hydrogen-bond donors (Lipinski definition) is 1. The van der Waals surface area contributed by atoms with Crippen LogP contribution in [0.1, 0.15) is 17.5 Å². The maximum absolute atomic E-state index is 12.2. The van der Waals surface area contributed by atoms with Crippen LogP contribution >= 0.6 is 0 Å². The van der Waals surface area contributed by atoms with E-state index in [0.717, 1.165) is 18.5 Å². The predicted molar refractivity (Wildman–Crippen MR) is 116 cm³/mol. The Morgan fingerprint density at radius 1 is 1.10 bits per heavy atom. The molecular weight excluding hydrogens is 378 g/mol. The number of benzene rings is 2. The Balaban J connectivity index is 1.24. The van der Waals surface area contributed by atoms with Gasteiger partial charge in [0.05, 0.1) is 0 Å². The number of aromatic nitrogens is 1. The Bertz CT molecular complexity index is 990. The number of anilines is 1. The lowest BCUT2D eigenvalue weighted by atomic mass is 9.99. The molecule has 0 saturated carbocycles. The SMILES string of the molecule is CN1CCCc2cc(CNC(=O)COc3ccc(Oc4ccccn4)cc3)ccc21. The molecule has 0 radical (unpaired) electrons. The maximum atomic E-state index is 12.2. The van der Waals surface area contributed by atoms with Gasteiger partial charge in [-0.05, 0) is 60.4 Å². The fourth-order valence-electron chi connectivity index (χ4n) is 3.48. The molecule has 0 atom stereocenters. The summed E-state index contributed by atoms with van der Waals surface area (Å²) in [5, 5.41) is 2.92. The Labute approximate surface area is 176 Å². The highest BCUT2D eigenvalue weighted by Gasteiger charge is 2.14. The number of carbonyl (C=O) groups is 1. The van der Waals surface area contributed by atoms with Gasteiger partial charge >= 0.3 is 0 Å². The van der Waals surface area contributed by atoms with Crippen LogP contribution in [0.3, 0.4) is 0 Å². The summed E-state index contributed by atoms with van der Waals surface area (Å²) in [5.41, 5.74) is 3.74. The van der Waals surface area contributed by atoms with Crippen molar-refractivity contribution in [3.05, 3.63) is 78.0 Å². The number of pyridine rings is 1. The second-order valence-corrected chi connectivity index (χ2v) is 7.30. The van der Waals surface area contributed by atoms with E-state index in [0.29, 0.717) is 23.9 Å². The molecule has 3 aromatic rings. The third-order valence-electron chi connectivity index (χ3n) is 5.04. The molecule has 1 aliphatic heterocycles. The van der Waals surface area contributed by atoms with E-state index in [4.69, 9.17) is 9.47 Å². The van der Waals surface area contributed by atoms with Crippen molar-refractivity contribution in [2.45, 2.75) is 19.4 Å². The van der Waals surface area contributed by atoms with E-state index < -0.39 is 0 Å².